The number of H-pyrrole nitrogens is 1. The molecular formula is C14H13NO. The molecule has 0 atom stereocenters. The summed E-state index contributed by atoms with van der Waals surface area (Å²) in [5.74, 6) is 5.87. The van der Waals surface area contributed by atoms with Gasteiger partial charge in [0.05, 0.1) is 5.56 Å². The van der Waals surface area contributed by atoms with Gasteiger partial charge < -0.3 is 4.98 Å². The van der Waals surface area contributed by atoms with Crippen molar-refractivity contribution in [3.63, 3.8) is 0 Å². The van der Waals surface area contributed by atoms with E-state index in [1.165, 1.54) is 0 Å². The molecule has 0 aliphatic rings. The van der Waals surface area contributed by atoms with Crippen molar-refractivity contribution in [3.05, 3.63) is 45.7 Å². The monoisotopic (exact) mass is 211 g/mol. The number of aromatic nitrogens is 1. The number of rotatable bonds is 0. The van der Waals surface area contributed by atoms with Gasteiger partial charge in [0.25, 0.3) is 5.56 Å². The summed E-state index contributed by atoms with van der Waals surface area (Å²) in [7, 11) is 0. The van der Waals surface area contributed by atoms with Crippen LogP contribution < -0.4 is 5.56 Å². The molecule has 1 aromatic carbocycles. The molecule has 1 heterocycles. The molecular weight excluding hydrogens is 198 g/mol. The third-order valence-corrected chi connectivity index (χ3v) is 2.57. The SMILES string of the molecule is CCC#Cc1c(C)c2ccccc2[nH]c1=O. The van der Waals surface area contributed by atoms with E-state index in [0.29, 0.717) is 5.56 Å². The van der Waals surface area contributed by atoms with Gasteiger partial charge in [-0.2, -0.15) is 0 Å². The van der Waals surface area contributed by atoms with Crippen LogP contribution in [-0.2, 0) is 0 Å². The van der Waals surface area contributed by atoms with Crippen molar-refractivity contribution in [2.24, 2.45) is 0 Å². The van der Waals surface area contributed by atoms with Crippen LogP contribution in [0.5, 0.6) is 0 Å². The van der Waals surface area contributed by atoms with Crippen molar-refractivity contribution < 1.29 is 0 Å². The van der Waals surface area contributed by atoms with Crippen molar-refractivity contribution in [2.45, 2.75) is 20.3 Å². The van der Waals surface area contributed by atoms with Gasteiger partial charge in [0.15, 0.2) is 0 Å². The minimum atomic E-state index is -0.0999. The third kappa shape index (κ3) is 1.72. The molecule has 1 aromatic heterocycles. The van der Waals surface area contributed by atoms with Crippen LogP contribution in [0.4, 0.5) is 0 Å². The summed E-state index contributed by atoms with van der Waals surface area (Å²) in [5.41, 5.74) is 2.31. The number of fused-ring (bicyclic) bond motifs is 1. The van der Waals surface area contributed by atoms with Gasteiger partial charge >= 0.3 is 0 Å². The first kappa shape index (κ1) is 10.5. The van der Waals surface area contributed by atoms with Gasteiger partial charge in [-0.1, -0.05) is 37.0 Å². The zero-order valence-electron chi connectivity index (χ0n) is 9.42. The minimum absolute atomic E-state index is 0.0999. The van der Waals surface area contributed by atoms with Crippen LogP contribution in [0.1, 0.15) is 24.5 Å². The summed E-state index contributed by atoms with van der Waals surface area (Å²) in [6, 6.07) is 7.78. The zero-order valence-corrected chi connectivity index (χ0v) is 9.42. The number of hydrogen-bond donors (Lipinski definition) is 1. The Morgan fingerprint density at radius 3 is 2.81 bits per heavy atom. The van der Waals surface area contributed by atoms with E-state index in [0.717, 1.165) is 22.9 Å². The fraction of sp³-hybridized carbons (Fsp3) is 0.214. The molecule has 0 saturated carbocycles. The number of nitrogens with one attached hydrogen (secondary N) is 1. The van der Waals surface area contributed by atoms with Gasteiger partial charge in [0.2, 0.25) is 0 Å². The molecule has 0 aliphatic carbocycles. The summed E-state index contributed by atoms with van der Waals surface area (Å²) in [5, 5.41) is 1.06. The molecule has 0 aliphatic heterocycles. The number of para-hydroxylation sites is 1. The standard InChI is InChI=1S/C14H13NO/c1-3-4-7-12-10(2)11-8-5-6-9-13(11)15-14(12)16/h5-6,8-9H,3H2,1-2H3,(H,15,16). The second-order valence-corrected chi connectivity index (χ2v) is 3.66. The quantitative estimate of drug-likeness (QED) is 0.667. The fourth-order valence-electron chi connectivity index (χ4n) is 1.74. The zero-order chi connectivity index (χ0) is 11.5. The Labute approximate surface area is 94.3 Å². The summed E-state index contributed by atoms with van der Waals surface area (Å²) < 4.78 is 0. The summed E-state index contributed by atoms with van der Waals surface area (Å²) in [4.78, 5) is 14.7. The molecule has 2 aromatic rings. The average molecular weight is 211 g/mol. The van der Waals surface area contributed by atoms with E-state index < -0.39 is 0 Å². The normalized spacial score (nSPS) is 9.88. The summed E-state index contributed by atoms with van der Waals surface area (Å²) in [6.45, 7) is 3.91. The van der Waals surface area contributed by atoms with Gasteiger partial charge in [0, 0.05) is 17.3 Å². The molecule has 0 spiro atoms. The van der Waals surface area contributed by atoms with Gasteiger partial charge in [-0.25, -0.2) is 0 Å². The maximum Gasteiger partial charge on any atom is 0.264 e. The number of aromatic amines is 1. The Morgan fingerprint density at radius 1 is 1.31 bits per heavy atom. The third-order valence-electron chi connectivity index (χ3n) is 2.57. The Morgan fingerprint density at radius 2 is 2.06 bits per heavy atom. The molecule has 0 fully saturated rings. The molecule has 0 amide bonds. The lowest BCUT2D eigenvalue weighted by atomic mass is 10.1. The average Bonchev–Trinajstić information content (AvgIpc) is 2.29. The highest BCUT2D eigenvalue weighted by atomic mass is 16.1. The van der Waals surface area contributed by atoms with Crippen molar-refractivity contribution in [1.29, 1.82) is 0 Å². The van der Waals surface area contributed by atoms with E-state index in [1.54, 1.807) is 0 Å². The largest absolute Gasteiger partial charge is 0.321 e. The predicted octanol–water partition coefficient (Wildman–Crippen LogP) is 2.60. The van der Waals surface area contributed by atoms with E-state index in [2.05, 4.69) is 16.8 Å². The van der Waals surface area contributed by atoms with Gasteiger partial charge in [-0.05, 0) is 18.6 Å². The molecule has 2 nitrogen and oxygen atoms in total. The van der Waals surface area contributed by atoms with E-state index in [1.807, 2.05) is 38.1 Å². The first-order chi connectivity index (χ1) is 7.74. The van der Waals surface area contributed by atoms with Crippen LogP contribution >= 0.6 is 0 Å². The van der Waals surface area contributed by atoms with E-state index in [9.17, 15) is 4.79 Å². The van der Waals surface area contributed by atoms with E-state index in [4.69, 9.17) is 0 Å². The van der Waals surface area contributed by atoms with Crippen LogP contribution in [0.2, 0.25) is 0 Å². The molecule has 0 bridgehead atoms. The first-order valence-corrected chi connectivity index (χ1v) is 5.34. The Hall–Kier alpha value is -2.01. The highest BCUT2D eigenvalue weighted by Gasteiger charge is 2.05. The second kappa shape index (κ2) is 4.24. The lowest BCUT2D eigenvalue weighted by Gasteiger charge is -2.03. The molecule has 0 radical (unpaired) electrons. The van der Waals surface area contributed by atoms with Crippen LogP contribution in [0.25, 0.3) is 10.9 Å². The highest BCUT2D eigenvalue weighted by Crippen LogP contribution is 2.15. The molecule has 16 heavy (non-hydrogen) atoms. The van der Waals surface area contributed by atoms with E-state index in [-0.39, 0.29) is 5.56 Å². The van der Waals surface area contributed by atoms with E-state index >= 15 is 0 Å². The Balaban J connectivity index is 2.81. The summed E-state index contributed by atoms with van der Waals surface area (Å²) >= 11 is 0. The maximum absolute atomic E-state index is 11.8. The van der Waals surface area contributed by atoms with Gasteiger partial charge in [0.1, 0.15) is 0 Å². The highest BCUT2D eigenvalue weighted by molar-refractivity contribution is 5.83. The van der Waals surface area contributed by atoms with Gasteiger partial charge in [-0.3, -0.25) is 4.79 Å². The van der Waals surface area contributed by atoms with Gasteiger partial charge in [-0.15, -0.1) is 0 Å². The number of hydrogen-bond acceptors (Lipinski definition) is 1. The molecule has 0 unspecified atom stereocenters. The van der Waals surface area contributed by atoms with Crippen molar-refractivity contribution in [3.8, 4) is 11.8 Å². The predicted molar refractivity (Wildman–Crippen MR) is 66.5 cm³/mol. The number of aryl methyl sites for hydroxylation is 1. The lowest BCUT2D eigenvalue weighted by Crippen LogP contribution is -2.12. The topological polar surface area (TPSA) is 32.9 Å². The Kier molecular flexibility index (Phi) is 2.78. The minimum Gasteiger partial charge on any atom is -0.321 e. The molecule has 0 saturated heterocycles. The maximum atomic E-state index is 11.8. The fourth-order valence-corrected chi connectivity index (χ4v) is 1.74. The summed E-state index contributed by atoms with van der Waals surface area (Å²) in [6.07, 6.45) is 0.756. The lowest BCUT2D eigenvalue weighted by molar-refractivity contribution is 1.24. The number of benzene rings is 1. The smallest absolute Gasteiger partial charge is 0.264 e. The van der Waals surface area contributed by atoms with Crippen molar-refractivity contribution in [1.82, 2.24) is 4.98 Å². The van der Waals surface area contributed by atoms with Crippen LogP contribution in [-0.4, -0.2) is 4.98 Å². The van der Waals surface area contributed by atoms with Crippen LogP contribution in [0.3, 0.4) is 0 Å². The van der Waals surface area contributed by atoms with Crippen molar-refractivity contribution >= 4 is 10.9 Å². The Bertz CT molecular complexity index is 641. The number of pyridine rings is 1. The molecule has 80 valence electrons. The second-order valence-electron chi connectivity index (χ2n) is 3.66. The first-order valence-electron chi connectivity index (χ1n) is 5.34. The van der Waals surface area contributed by atoms with Crippen LogP contribution in [0.15, 0.2) is 29.1 Å². The molecule has 1 N–H and O–H groups in total. The van der Waals surface area contributed by atoms with Crippen molar-refractivity contribution in [2.75, 3.05) is 0 Å². The van der Waals surface area contributed by atoms with Crippen LogP contribution in [0, 0.1) is 18.8 Å². The molecule has 2 heteroatoms. The molecule has 2 rings (SSSR count).